The van der Waals surface area contributed by atoms with E-state index in [1.807, 2.05) is 6.92 Å². The number of carbonyl (C=O) groups excluding carboxylic acids is 1. The van der Waals surface area contributed by atoms with Crippen molar-refractivity contribution in [1.82, 2.24) is 4.98 Å². The molecule has 0 aliphatic carbocycles. The Morgan fingerprint density at radius 1 is 1.61 bits per heavy atom. The molecule has 2 rings (SSSR count). The summed E-state index contributed by atoms with van der Waals surface area (Å²) in [5.74, 6) is -0.356. The van der Waals surface area contributed by atoms with Gasteiger partial charge in [-0.3, -0.25) is 4.79 Å². The Morgan fingerprint density at radius 3 is 3.17 bits per heavy atom. The molecule has 0 bridgehead atoms. The number of ether oxygens (including phenoxy) is 1. The number of fused-ring (bicyclic) bond motifs is 1. The van der Waals surface area contributed by atoms with Crippen molar-refractivity contribution in [3.63, 3.8) is 0 Å². The van der Waals surface area contributed by atoms with Gasteiger partial charge in [0.25, 0.3) is 0 Å². The SMILES string of the molecule is CCOc1nc2cc(NC(=O)CC#N)ccc2o1. The van der Waals surface area contributed by atoms with Crippen molar-refractivity contribution in [2.24, 2.45) is 0 Å². The van der Waals surface area contributed by atoms with Crippen LogP contribution in [0, 0.1) is 11.3 Å². The summed E-state index contributed by atoms with van der Waals surface area (Å²) in [5.41, 5.74) is 1.74. The molecule has 92 valence electrons. The summed E-state index contributed by atoms with van der Waals surface area (Å²) in [5, 5.41) is 11.0. The highest BCUT2D eigenvalue weighted by molar-refractivity contribution is 5.93. The molecule has 0 fully saturated rings. The van der Waals surface area contributed by atoms with Crippen LogP contribution in [0.3, 0.4) is 0 Å². The highest BCUT2D eigenvalue weighted by atomic mass is 16.6. The number of aromatic nitrogens is 1. The normalized spacial score (nSPS) is 10.0. The molecule has 1 aromatic carbocycles. The van der Waals surface area contributed by atoms with Crippen LogP contribution >= 0.6 is 0 Å². The lowest BCUT2D eigenvalue weighted by Crippen LogP contribution is -2.09. The number of hydrogen-bond donors (Lipinski definition) is 1. The van der Waals surface area contributed by atoms with Crippen LogP contribution in [-0.4, -0.2) is 17.5 Å². The van der Waals surface area contributed by atoms with E-state index >= 15 is 0 Å². The minimum atomic E-state index is -0.356. The second kappa shape index (κ2) is 5.19. The quantitative estimate of drug-likeness (QED) is 0.890. The highest BCUT2D eigenvalue weighted by Crippen LogP contribution is 2.23. The predicted molar refractivity (Wildman–Crippen MR) is 64.0 cm³/mol. The summed E-state index contributed by atoms with van der Waals surface area (Å²) in [7, 11) is 0. The smallest absolute Gasteiger partial charge is 0.394 e. The van der Waals surface area contributed by atoms with E-state index in [9.17, 15) is 4.79 Å². The first-order chi connectivity index (χ1) is 8.72. The molecule has 0 radical (unpaired) electrons. The van der Waals surface area contributed by atoms with Gasteiger partial charge in [-0.1, -0.05) is 0 Å². The van der Waals surface area contributed by atoms with Gasteiger partial charge in [-0.15, -0.1) is 0 Å². The Kier molecular flexibility index (Phi) is 3.44. The first-order valence-corrected chi connectivity index (χ1v) is 5.43. The van der Waals surface area contributed by atoms with Crippen LogP contribution in [0.15, 0.2) is 22.6 Å². The molecule has 0 atom stereocenters. The third-order valence-corrected chi connectivity index (χ3v) is 2.16. The lowest BCUT2D eigenvalue weighted by atomic mass is 10.3. The zero-order valence-electron chi connectivity index (χ0n) is 9.77. The average molecular weight is 245 g/mol. The standard InChI is InChI=1S/C12H11N3O3/c1-2-17-12-15-9-7-8(3-4-10(9)18-12)14-11(16)5-6-13/h3-4,7H,2,5H2,1H3,(H,14,16). The summed E-state index contributed by atoms with van der Waals surface area (Å²) in [6.07, 6.45) is 0.0223. The average Bonchev–Trinajstić information content (AvgIpc) is 2.71. The largest absolute Gasteiger partial charge is 0.450 e. The molecule has 0 saturated heterocycles. The van der Waals surface area contributed by atoms with Gasteiger partial charge in [-0.05, 0) is 25.1 Å². The van der Waals surface area contributed by atoms with E-state index in [4.69, 9.17) is 14.4 Å². The van der Waals surface area contributed by atoms with Crippen LogP contribution in [0.1, 0.15) is 13.3 Å². The Morgan fingerprint density at radius 2 is 2.44 bits per heavy atom. The molecule has 0 aliphatic heterocycles. The second-order valence-corrected chi connectivity index (χ2v) is 3.48. The lowest BCUT2D eigenvalue weighted by molar-refractivity contribution is -0.115. The molecule has 1 N–H and O–H groups in total. The first-order valence-electron chi connectivity index (χ1n) is 5.43. The Labute approximate surface area is 103 Å². The molecule has 6 nitrogen and oxygen atoms in total. The third-order valence-electron chi connectivity index (χ3n) is 2.16. The van der Waals surface area contributed by atoms with Crippen LogP contribution in [0.5, 0.6) is 6.08 Å². The zero-order valence-corrected chi connectivity index (χ0v) is 9.77. The molecule has 1 aromatic heterocycles. The number of nitrogens with zero attached hydrogens (tertiary/aromatic N) is 2. The van der Waals surface area contributed by atoms with E-state index in [2.05, 4.69) is 10.3 Å². The van der Waals surface area contributed by atoms with Crippen LogP contribution in [-0.2, 0) is 4.79 Å². The van der Waals surface area contributed by atoms with Crippen molar-refractivity contribution in [2.45, 2.75) is 13.3 Å². The van der Waals surface area contributed by atoms with Crippen molar-refractivity contribution in [2.75, 3.05) is 11.9 Å². The van der Waals surface area contributed by atoms with E-state index in [1.54, 1.807) is 24.3 Å². The van der Waals surface area contributed by atoms with E-state index in [0.717, 1.165) is 0 Å². The summed E-state index contributed by atoms with van der Waals surface area (Å²) in [6, 6.07) is 6.81. The van der Waals surface area contributed by atoms with Crippen LogP contribution in [0.2, 0.25) is 0 Å². The first kappa shape index (κ1) is 11.9. The Balaban J connectivity index is 2.21. The Bertz CT molecular complexity index is 613. The molecular weight excluding hydrogens is 234 g/mol. The fraction of sp³-hybridized carbons (Fsp3) is 0.250. The van der Waals surface area contributed by atoms with Crippen molar-refractivity contribution >= 4 is 22.7 Å². The number of benzene rings is 1. The molecule has 1 heterocycles. The molecule has 6 heteroatoms. The number of oxazole rings is 1. The van der Waals surface area contributed by atoms with Gasteiger partial charge in [0.2, 0.25) is 5.91 Å². The fourth-order valence-electron chi connectivity index (χ4n) is 1.45. The molecular formula is C12H11N3O3. The van der Waals surface area contributed by atoms with E-state index in [-0.39, 0.29) is 18.4 Å². The van der Waals surface area contributed by atoms with Gasteiger partial charge in [0.15, 0.2) is 5.58 Å². The van der Waals surface area contributed by atoms with Crippen molar-refractivity contribution in [3.05, 3.63) is 18.2 Å². The summed E-state index contributed by atoms with van der Waals surface area (Å²) in [6.45, 7) is 2.31. The minimum Gasteiger partial charge on any atom is -0.450 e. The monoisotopic (exact) mass is 245 g/mol. The highest BCUT2D eigenvalue weighted by Gasteiger charge is 2.08. The van der Waals surface area contributed by atoms with Crippen LogP contribution in [0.4, 0.5) is 5.69 Å². The molecule has 0 spiro atoms. The maximum atomic E-state index is 11.3. The molecule has 18 heavy (non-hydrogen) atoms. The lowest BCUT2D eigenvalue weighted by Gasteiger charge is -2.00. The topological polar surface area (TPSA) is 88.1 Å². The summed E-state index contributed by atoms with van der Waals surface area (Å²) >= 11 is 0. The molecule has 2 aromatic rings. The van der Waals surface area contributed by atoms with Gasteiger partial charge in [0, 0.05) is 5.69 Å². The van der Waals surface area contributed by atoms with Gasteiger partial charge in [-0.2, -0.15) is 10.2 Å². The molecule has 0 saturated carbocycles. The number of rotatable bonds is 4. The molecule has 1 amide bonds. The summed E-state index contributed by atoms with van der Waals surface area (Å²) < 4.78 is 10.5. The maximum absolute atomic E-state index is 11.3. The van der Waals surface area contributed by atoms with Gasteiger partial charge in [0.05, 0.1) is 12.7 Å². The van der Waals surface area contributed by atoms with E-state index in [1.165, 1.54) is 0 Å². The fourth-order valence-corrected chi connectivity index (χ4v) is 1.45. The molecule has 0 unspecified atom stereocenters. The van der Waals surface area contributed by atoms with E-state index < -0.39 is 0 Å². The van der Waals surface area contributed by atoms with Gasteiger partial charge < -0.3 is 14.5 Å². The molecule has 0 aliphatic rings. The van der Waals surface area contributed by atoms with Crippen LogP contribution < -0.4 is 10.1 Å². The van der Waals surface area contributed by atoms with Crippen molar-refractivity contribution in [3.8, 4) is 12.1 Å². The number of amides is 1. The second-order valence-electron chi connectivity index (χ2n) is 3.48. The van der Waals surface area contributed by atoms with Gasteiger partial charge in [0.1, 0.15) is 11.9 Å². The number of carbonyl (C=O) groups is 1. The van der Waals surface area contributed by atoms with E-state index in [0.29, 0.717) is 23.4 Å². The van der Waals surface area contributed by atoms with Crippen LogP contribution in [0.25, 0.3) is 11.1 Å². The van der Waals surface area contributed by atoms with Gasteiger partial charge >= 0.3 is 6.08 Å². The number of nitriles is 1. The number of hydrogen-bond acceptors (Lipinski definition) is 5. The summed E-state index contributed by atoms with van der Waals surface area (Å²) in [4.78, 5) is 15.4. The zero-order chi connectivity index (χ0) is 13.0. The predicted octanol–water partition coefficient (Wildman–Crippen LogP) is 2.08. The Hall–Kier alpha value is -2.55. The third kappa shape index (κ3) is 2.58. The van der Waals surface area contributed by atoms with Crippen molar-refractivity contribution < 1.29 is 13.9 Å². The number of nitrogens with one attached hydrogen (secondary N) is 1. The minimum absolute atomic E-state index is 0.180. The number of anilines is 1. The van der Waals surface area contributed by atoms with Gasteiger partial charge in [-0.25, -0.2) is 0 Å². The maximum Gasteiger partial charge on any atom is 0.394 e. The van der Waals surface area contributed by atoms with Crippen molar-refractivity contribution in [1.29, 1.82) is 5.26 Å².